The van der Waals surface area contributed by atoms with E-state index in [4.69, 9.17) is 0 Å². The van der Waals surface area contributed by atoms with Crippen molar-refractivity contribution in [1.29, 1.82) is 0 Å². The Kier molecular flexibility index (Phi) is 3.36. The molecule has 2 heteroatoms. The van der Waals surface area contributed by atoms with Gasteiger partial charge in [0.15, 0.2) is 0 Å². The highest BCUT2D eigenvalue weighted by molar-refractivity contribution is 5.80. The molecule has 0 radical (unpaired) electrons. The summed E-state index contributed by atoms with van der Waals surface area (Å²) in [7, 11) is 0. The van der Waals surface area contributed by atoms with Gasteiger partial charge in [-0.15, -0.1) is 0 Å². The summed E-state index contributed by atoms with van der Waals surface area (Å²) in [6.07, 6.45) is 5.51. The summed E-state index contributed by atoms with van der Waals surface area (Å²) in [5, 5.41) is 1.18. The number of para-hydroxylation sites is 1. The van der Waals surface area contributed by atoms with Crippen molar-refractivity contribution in [2.24, 2.45) is 0 Å². The Bertz CT molecular complexity index is 814. The van der Waals surface area contributed by atoms with Crippen LogP contribution in [0.4, 0.5) is 5.69 Å². The Labute approximate surface area is 130 Å². The maximum atomic E-state index is 4.66. The standard InChI is InChI=1S/C20H18N2/c1-2-5-20-17(4-1)9-11-18(21-20)10-6-16-7-12-19(13-8-16)22-14-3-15-22/h1-2,4-13H,3,14-15H2/b10-6+. The fraction of sp³-hybridized carbons (Fsp3) is 0.150. The van der Waals surface area contributed by atoms with Crippen LogP contribution >= 0.6 is 0 Å². The monoisotopic (exact) mass is 286 g/mol. The summed E-state index contributed by atoms with van der Waals surface area (Å²) in [5.74, 6) is 0. The summed E-state index contributed by atoms with van der Waals surface area (Å²) in [6, 6.07) is 21.1. The van der Waals surface area contributed by atoms with Crippen LogP contribution in [0.2, 0.25) is 0 Å². The van der Waals surface area contributed by atoms with Crippen LogP contribution in [0.25, 0.3) is 23.1 Å². The number of benzene rings is 2. The van der Waals surface area contributed by atoms with Gasteiger partial charge in [0.05, 0.1) is 11.2 Å². The first-order valence-electron chi connectivity index (χ1n) is 7.77. The van der Waals surface area contributed by atoms with Crippen molar-refractivity contribution >= 4 is 28.7 Å². The number of hydrogen-bond donors (Lipinski definition) is 0. The normalized spacial score (nSPS) is 14.5. The van der Waals surface area contributed by atoms with E-state index in [0.717, 1.165) is 11.2 Å². The van der Waals surface area contributed by atoms with Gasteiger partial charge in [0.1, 0.15) is 0 Å². The second-order valence-electron chi connectivity index (χ2n) is 5.69. The van der Waals surface area contributed by atoms with Gasteiger partial charge in [-0.1, -0.05) is 42.5 Å². The van der Waals surface area contributed by atoms with E-state index in [0.29, 0.717) is 0 Å². The molecule has 1 aromatic heterocycles. The maximum Gasteiger partial charge on any atom is 0.0709 e. The van der Waals surface area contributed by atoms with E-state index in [2.05, 4.69) is 70.6 Å². The Morgan fingerprint density at radius 1 is 0.818 bits per heavy atom. The van der Waals surface area contributed by atoms with Gasteiger partial charge in [-0.2, -0.15) is 0 Å². The van der Waals surface area contributed by atoms with Crippen LogP contribution in [0.15, 0.2) is 60.7 Å². The van der Waals surface area contributed by atoms with Gasteiger partial charge in [0.2, 0.25) is 0 Å². The molecule has 22 heavy (non-hydrogen) atoms. The fourth-order valence-electron chi connectivity index (χ4n) is 2.73. The minimum atomic E-state index is 0.991. The Morgan fingerprint density at radius 2 is 1.64 bits per heavy atom. The first-order valence-corrected chi connectivity index (χ1v) is 7.77. The van der Waals surface area contributed by atoms with Crippen molar-refractivity contribution in [3.05, 3.63) is 71.9 Å². The summed E-state index contributed by atoms with van der Waals surface area (Å²) in [6.45, 7) is 2.38. The second-order valence-corrected chi connectivity index (χ2v) is 5.69. The molecule has 2 heterocycles. The van der Waals surface area contributed by atoms with Gasteiger partial charge in [-0.25, -0.2) is 4.98 Å². The van der Waals surface area contributed by atoms with Crippen LogP contribution in [-0.2, 0) is 0 Å². The van der Waals surface area contributed by atoms with Crippen LogP contribution in [0, 0.1) is 0 Å². The van der Waals surface area contributed by atoms with E-state index in [9.17, 15) is 0 Å². The molecule has 2 aromatic carbocycles. The molecule has 0 aliphatic carbocycles. The number of nitrogens with zero attached hydrogens (tertiary/aromatic N) is 2. The van der Waals surface area contributed by atoms with Crippen molar-refractivity contribution in [1.82, 2.24) is 4.98 Å². The third-order valence-electron chi connectivity index (χ3n) is 4.18. The van der Waals surface area contributed by atoms with Crippen molar-refractivity contribution in [2.45, 2.75) is 6.42 Å². The van der Waals surface area contributed by atoms with E-state index in [1.165, 1.54) is 36.1 Å². The summed E-state index contributed by atoms with van der Waals surface area (Å²) in [5.41, 5.74) is 4.56. The number of pyridine rings is 1. The van der Waals surface area contributed by atoms with Crippen molar-refractivity contribution in [3.63, 3.8) is 0 Å². The lowest BCUT2D eigenvalue weighted by atomic mass is 10.1. The molecule has 1 aliphatic rings. The molecule has 3 aromatic rings. The van der Waals surface area contributed by atoms with Gasteiger partial charge >= 0.3 is 0 Å². The third kappa shape index (κ3) is 2.60. The molecular formula is C20H18N2. The minimum Gasteiger partial charge on any atom is -0.371 e. The number of fused-ring (bicyclic) bond motifs is 1. The molecule has 0 amide bonds. The van der Waals surface area contributed by atoms with Crippen molar-refractivity contribution < 1.29 is 0 Å². The van der Waals surface area contributed by atoms with Crippen LogP contribution in [0.5, 0.6) is 0 Å². The van der Waals surface area contributed by atoms with Gasteiger partial charge in [-0.05, 0) is 42.3 Å². The van der Waals surface area contributed by atoms with Crippen LogP contribution < -0.4 is 4.90 Å². The zero-order chi connectivity index (χ0) is 14.8. The molecule has 1 aliphatic heterocycles. The Morgan fingerprint density at radius 3 is 2.41 bits per heavy atom. The first kappa shape index (κ1) is 13.1. The predicted octanol–water partition coefficient (Wildman–Crippen LogP) is 4.62. The van der Waals surface area contributed by atoms with E-state index in [-0.39, 0.29) is 0 Å². The number of hydrogen-bond acceptors (Lipinski definition) is 2. The molecular weight excluding hydrogens is 268 g/mol. The summed E-state index contributed by atoms with van der Waals surface area (Å²) < 4.78 is 0. The summed E-state index contributed by atoms with van der Waals surface area (Å²) in [4.78, 5) is 7.06. The third-order valence-corrected chi connectivity index (χ3v) is 4.18. The highest BCUT2D eigenvalue weighted by Crippen LogP contribution is 2.21. The molecule has 1 fully saturated rings. The summed E-state index contributed by atoms with van der Waals surface area (Å²) >= 11 is 0. The average molecular weight is 286 g/mol. The van der Waals surface area contributed by atoms with Crippen molar-refractivity contribution in [3.8, 4) is 0 Å². The first-order chi connectivity index (χ1) is 10.9. The maximum absolute atomic E-state index is 4.66. The molecule has 0 bridgehead atoms. The molecule has 2 nitrogen and oxygen atoms in total. The average Bonchev–Trinajstić information content (AvgIpc) is 2.52. The van der Waals surface area contributed by atoms with Crippen LogP contribution in [0.1, 0.15) is 17.7 Å². The van der Waals surface area contributed by atoms with E-state index >= 15 is 0 Å². The zero-order valence-electron chi connectivity index (χ0n) is 12.4. The lowest BCUT2D eigenvalue weighted by molar-refractivity contribution is 0.618. The van der Waals surface area contributed by atoms with Gasteiger partial charge in [-0.3, -0.25) is 0 Å². The lowest BCUT2D eigenvalue weighted by Crippen LogP contribution is -2.36. The molecule has 0 saturated carbocycles. The van der Waals surface area contributed by atoms with Gasteiger partial charge in [0, 0.05) is 24.2 Å². The van der Waals surface area contributed by atoms with Crippen LogP contribution in [0.3, 0.4) is 0 Å². The fourth-order valence-corrected chi connectivity index (χ4v) is 2.73. The molecule has 108 valence electrons. The Balaban J connectivity index is 1.54. The van der Waals surface area contributed by atoms with Gasteiger partial charge < -0.3 is 4.90 Å². The van der Waals surface area contributed by atoms with E-state index < -0.39 is 0 Å². The predicted molar refractivity (Wildman–Crippen MR) is 93.9 cm³/mol. The lowest BCUT2D eigenvalue weighted by Gasteiger charge is -2.33. The molecule has 0 N–H and O–H groups in total. The molecule has 0 spiro atoms. The zero-order valence-corrected chi connectivity index (χ0v) is 12.4. The highest BCUT2D eigenvalue weighted by atomic mass is 15.2. The Hall–Kier alpha value is -2.61. The minimum absolute atomic E-state index is 0.991. The van der Waals surface area contributed by atoms with E-state index in [1.54, 1.807) is 0 Å². The SMILES string of the molecule is C(=C\c1ccc2ccccc2n1)/c1ccc(N2CCC2)cc1. The molecule has 4 rings (SSSR count). The number of anilines is 1. The second kappa shape index (κ2) is 5.64. The topological polar surface area (TPSA) is 16.1 Å². The molecule has 0 unspecified atom stereocenters. The number of rotatable bonds is 3. The quantitative estimate of drug-likeness (QED) is 0.698. The van der Waals surface area contributed by atoms with Gasteiger partial charge in [0.25, 0.3) is 0 Å². The van der Waals surface area contributed by atoms with E-state index in [1.807, 2.05) is 12.1 Å². The van der Waals surface area contributed by atoms with Crippen LogP contribution in [-0.4, -0.2) is 18.1 Å². The molecule has 1 saturated heterocycles. The largest absolute Gasteiger partial charge is 0.371 e. The highest BCUT2D eigenvalue weighted by Gasteiger charge is 2.13. The molecule has 0 atom stereocenters. The number of aromatic nitrogens is 1. The van der Waals surface area contributed by atoms with Crippen molar-refractivity contribution in [2.75, 3.05) is 18.0 Å². The smallest absolute Gasteiger partial charge is 0.0709 e.